The highest BCUT2D eigenvalue weighted by Gasteiger charge is 2.16. The minimum atomic E-state index is 0.0242. The second-order valence-corrected chi connectivity index (χ2v) is 5.34. The van der Waals surface area contributed by atoms with Crippen LogP contribution in [0.4, 0.5) is 0 Å². The van der Waals surface area contributed by atoms with Gasteiger partial charge in [-0.1, -0.05) is 13.3 Å². The van der Waals surface area contributed by atoms with Gasteiger partial charge < -0.3 is 4.98 Å². The molecule has 1 aliphatic rings. The lowest BCUT2D eigenvalue weighted by molar-refractivity contribution is 0.606. The third-order valence-electron chi connectivity index (χ3n) is 3.84. The van der Waals surface area contributed by atoms with Crippen LogP contribution in [0.3, 0.4) is 0 Å². The first-order valence-corrected chi connectivity index (χ1v) is 7.44. The van der Waals surface area contributed by atoms with Crippen LogP contribution in [0.25, 0.3) is 11.5 Å². The molecule has 0 radical (unpaired) electrons. The average Bonchev–Trinajstić information content (AvgIpc) is 2.76. The van der Waals surface area contributed by atoms with Crippen LogP contribution in [-0.4, -0.2) is 19.7 Å². The number of nitrogens with zero attached hydrogens (tertiary/aromatic N) is 3. The van der Waals surface area contributed by atoms with Crippen molar-refractivity contribution in [2.75, 3.05) is 0 Å². The molecule has 0 amide bonds. The molecule has 1 N–H and O–H groups in total. The van der Waals surface area contributed by atoms with Gasteiger partial charge >= 0.3 is 0 Å². The summed E-state index contributed by atoms with van der Waals surface area (Å²) in [6, 6.07) is 1.91. The van der Waals surface area contributed by atoms with Crippen LogP contribution in [0.15, 0.2) is 17.1 Å². The first kappa shape index (κ1) is 13.1. The predicted molar refractivity (Wildman–Crippen MR) is 77.6 cm³/mol. The molecule has 0 saturated heterocycles. The van der Waals surface area contributed by atoms with Gasteiger partial charge in [0.05, 0.1) is 5.69 Å². The Hall–Kier alpha value is -1.91. The fourth-order valence-electron chi connectivity index (χ4n) is 2.83. The number of rotatable bonds is 3. The van der Waals surface area contributed by atoms with Gasteiger partial charge in [0.1, 0.15) is 5.69 Å². The molecule has 5 nitrogen and oxygen atoms in total. The van der Waals surface area contributed by atoms with Crippen LogP contribution < -0.4 is 5.56 Å². The average molecular weight is 272 g/mol. The van der Waals surface area contributed by atoms with Crippen molar-refractivity contribution >= 4 is 0 Å². The Morgan fingerprint density at radius 1 is 1.30 bits per heavy atom. The first-order chi connectivity index (χ1) is 9.79. The number of H-pyrrole nitrogens is 1. The summed E-state index contributed by atoms with van der Waals surface area (Å²) >= 11 is 0. The van der Waals surface area contributed by atoms with Crippen molar-refractivity contribution < 1.29 is 0 Å². The van der Waals surface area contributed by atoms with E-state index in [0.717, 1.165) is 55.6 Å². The van der Waals surface area contributed by atoms with E-state index in [1.807, 2.05) is 10.7 Å². The van der Waals surface area contributed by atoms with Crippen molar-refractivity contribution in [2.24, 2.45) is 0 Å². The van der Waals surface area contributed by atoms with Crippen LogP contribution in [0.1, 0.15) is 43.9 Å². The maximum absolute atomic E-state index is 12.3. The Morgan fingerprint density at radius 3 is 3.00 bits per heavy atom. The van der Waals surface area contributed by atoms with Gasteiger partial charge in [0.2, 0.25) is 0 Å². The van der Waals surface area contributed by atoms with E-state index in [4.69, 9.17) is 4.98 Å². The maximum Gasteiger partial charge on any atom is 0.254 e. The predicted octanol–water partition coefficient (Wildman–Crippen LogP) is 2.31. The molecular weight excluding hydrogens is 252 g/mol. The van der Waals surface area contributed by atoms with E-state index in [1.54, 1.807) is 6.20 Å². The van der Waals surface area contributed by atoms with Gasteiger partial charge in [-0.05, 0) is 38.2 Å². The smallest absolute Gasteiger partial charge is 0.254 e. The van der Waals surface area contributed by atoms with Gasteiger partial charge in [-0.3, -0.25) is 9.48 Å². The second-order valence-electron chi connectivity index (χ2n) is 5.34. The van der Waals surface area contributed by atoms with Crippen LogP contribution >= 0.6 is 0 Å². The van der Waals surface area contributed by atoms with Crippen molar-refractivity contribution in [3.05, 3.63) is 33.9 Å². The molecule has 0 aliphatic heterocycles. The lowest BCUT2D eigenvalue weighted by Crippen LogP contribution is -2.19. The summed E-state index contributed by atoms with van der Waals surface area (Å²) in [6.45, 7) is 2.95. The van der Waals surface area contributed by atoms with Crippen LogP contribution in [-0.2, 0) is 19.4 Å². The van der Waals surface area contributed by atoms with Gasteiger partial charge in [0.25, 0.3) is 5.56 Å². The first-order valence-electron chi connectivity index (χ1n) is 7.44. The standard InChI is InChI=1S/C15H20N4O/c1-2-10-19-13(8-9-16-19)14-17-12-7-5-3-4-6-11(12)15(20)18-14/h8-9H,2-7,10H2,1H3,(H,17,18,20). The second kappa shape index (κ2) is 5.61. The van der Waals surface area contributed by atoms with E-state index in [-0.39, 0.29) is 5.56 Å². The lowest BCUT2D eigenvalue weighted by atomic mass is 10.1. The molecule has 0 saturated carbocycles. The number of hydrogen-bond acceptors (Lipinski definition) is 3. The number of aromatic amines is 1. The van der Waals surface area contributed by atoms with Gasteiger partial charge in [0, 0.05) is 18.3 Å². The van der Waals surface area contributed by atoms with E-state index in [1.165, 1.54) is 6.42 Å². The topological polar surface area (TPSA) is 63.6 Å². The molecule has 0 atom stereocenters. The maximum atomic E-state index is 12.3. The van der Waals surface area contributed by atoms with Crippen molar-refractivity contribution in [3.63, 3.8) is 0 Å². The minimum absolute atomic E-state index is 0.0242. The largest absolute Gasteiger partial charge is 0.305 e. The van der Waals surface area contributed by atoms with Crippen molar-refractivity contribution in [1.82, 2.24) is 19.7 Å². The molecule has 0 bridgehead atoms. The molecule has 20 heavy (non-hydrogen) atoms. The molecule has 2 aromatic heterocycles. The van der Waals surface area contributed by atoms with E-state index in [2.05, 4.69) is 17.0 Å². The van der Waals surface area contributed by atoms with Crippen molar-refractivity contribution in [1.29, 1.82) is 0 Å². The summed E-state index contributed by atoms with van der Waals surface area (Å²) in [5.74, 6) is 0.654. The Balaban J connectivity index is 2.06. The summed E-state index contributed by atoms with van der Waals surface area (Å²) in [5.41, 5.74) is 2.78. The van der Waals surface area contributed by atoms with Crippen molar-refractivity contribution in [2.45, 2.75) is 52.0 Å². The molecule has 2 aromatic rings. The normalized spacial score (nSPS) is 14.8. The molecule has 5 heteroatoms. The zero-order chi connectivity index (χ0) is 13.9. The third-order valence-corrected chi connectivity index (χ3v) is 3.84. The van der Waals surface area contributed by atoms with E-state index < -0.39 is 0 Å². The van der Waals surface area contributed by atoms with E-state index in [9.17, 15) is 4.79 Å². The highest BCUT2D eigenvalue weighted by molar-refractivity contribution is 5.49. The third kappa shape index (κ3) is 2.40. The summed E-state index contributed by atoms with van der Waals surface area (Å²) in [4.78, 5) is 19.9. The quantitative estimate of drug-likeness (QED) is 0.872. The number of aromatic nitrogens is 4. The summed E-state index contributed by atoms with van der Waals surface area (Å²) in [6.07, 6.45) is 7.92. The molecule has 2 heterocycles. The highest BCUT2D eigenvalue weighted by Crippen LogP contribution is 2.19. The minimum Gasteiger partial charge on any atom is -0.305 e. The zero-order valence-corrected chi connectivity index (χ0v) is 11.9. The van der Waals surface area contributed by atoms with Gasteiger partial charge in [-0.15, -0.1) is 0 Å². The van der Waals surface area contributed by atoms with Gasteiger partial charge in [-0.2, -0.15) is 5.10 Å². The van der Waals surface area contributed by atoms with Crippen LogP contribution in [0.5, 0.6) is 0 Å². The Bertz CT molecular complexity index is 656. The molecular formula is C15H20N4O. The number of hydrogen-bond donors (Lipinski definition) is 1. The highest BCUT2D eigenvalue weighted by atomic mass is 16.1. The van der Waals surface area contributed by atoms with Gasteiger partial charge in [-0.25, -0.2) is 4.98 Å². The monoisotopic (exact) mass is 272 g/mol. The number of fused-ring (bicyclic) bond motifs is 1. The zero-order valence-electron chi connectivity index (χ0n) is 11.9. The van der Waals surface area contributed by atoms with E-state index >= 15 is 0 Å². The van der Waals surface area contributed by atoms with E-state index in [0.29, 0.717) is 5.82 Å². The molecule has 106 valence electrons. The molecule has 0 unspecified atom stereocenters. The Kier molecular flexibility index (Phi) is 3.67. The summed E-state index contributed by atoms with van der Waals surface area (Å²) in [7, 11) is 0. The number of nitrogens with one attached hydrogen (secondary N) is 1. The molecule has 0 aromatic carbocycles. The molecule has 1 aliphatic carbocycles. The fourth-order valence-corrected chi connectivity index (χ4v) is 2.83. The molecule has 3 rings (SSSR count). The SMILES string of the molecule is CCCn1nccc1-c1nc2c(c(=O)[nH]1)CCCCC2. The molecule has 0 fully saturated rings. The number of aryl methyl sites for hydroxylation is 2. The fraction of sp³-hybridized carbons (Fsp3) is 0.533. The Morgan fingerprint density at radius 2 is 2.15 bits per heavy atom. The molecule has 0 spiro atoms. The van der Waals surface area contributed by atoms with Crippen molar-refractivity contribution in [3.8, 4) is 11.5 Å². The van der Waals surface area contributed by atoms with Gasteiger partial charge in [0.15, 0.2) is 5.82 Å². The Labute approximate surface area is 118 Å². The van der Waals surface area contributed by atoms with Crippen LogP contribution in [0.2, 0.25) is 0 Å². The van der Waals surface area contributed by atoms with Crippen LogP contribution in [0, 0.1) is 0 Å². The summed E-state index contributed by atoms with van der Waals surface area (Å²) < 4.78 is 1.90. The lowest BCUT2D eigenvalue weighted by Gasteiger charge is -2.09. The summed E-state index contributed by atoms with van der Waals surface area (Å²) in [5, 5.41) is 4.30.